The van der Waals surface area contributed by atoms with Crippen molar-refractivity contribution in [1.82, 2.24) is 30.1 Å². The maximum absolute atomic E-state index is 13.3. The number of aromatic amines is 1. The number of nitrogens with zero attached hydrogens (tertiary/aromatic N) is 4. The standard InChI is InChI=1S/C22H30N6O2/c29-21(15-8-12-27(13-9-15)22(30)24-16-4-1-2-5-16)28-11-3-6-19(28)20-25-17-7-10-23-14-18(17)26-20/h7,10,14-16,19H,1-6,8-9,11-13H2,(H,24,30)(H,25,26). The van der Waals surface area contributed by atoms with Gasteiger partial charge >= 0.3 is 6.03 Å². The number of aromatic nitrogens is 3. The molecule has 0 spiro atoms. The van der Waals surface area contributed by atoms with E-state index in [2.05, 4.69) is 15.3 Å². The second kappa shape index (κ2) is 8.24. The van der Waals surface area contributed by atoms with Gasteiger partial charge in [-0.25, -0.2) is 9.78 Å². The molecule has 2 N–H and O–H groups in total. The zero-order chi connectivity index (χ0) is 20.5. The van der Waals surface area contributed by atoms with Crippen molar-refractivity contribution in [2.24, 2.45) is 5.92 Å². The summed E-state index contributed by atoms with van der Waals surface area (Å²) >= 11 is 0. The van der Waals surface area contributed by atoms with E-state index in [4.69, 9.17) is 4.98 Å². The quantitative estimate of drug-likeness (QED) is 0.813. The van der Waals surface area contributed by atoms with Gasteiger partial charge in [0.1, 0.15) is 5.82 Å². The number of nitrogens with one attached hydrogen (secondary N) is 2. The van der Waals surface area contributed by atoms with E-state index in [1.165, 1.54) is 12.8 Å². The number of pyridine rings is 1. The van der Waals surface area contributed by atoms with Crippen LogP contribution in [0.3, 0.4) is 0 Å². The molecule has 2 saturated heterocycles. The summed E-state index contributed by atoms with van der Waals surface area (Å²) in [5.41, 5.74) is 1.80. The van der Waals surface area contributed by atoms with E-state index in [1.54, 1.807) is 12.4 Å². The van der Waals surface area contributed by atoms with Crippen molar-refractivity contribution in [1.29, 1.82) is 0 Å². The Labute approximate surface area is 176 Å². The number of hydrogen-bond donors (Lipinski definition) is 2. The Balaban J connectivity index is 1.20. The van der Waals surface area contributed by atoms with Crippen molar-refractivity contribution < 1.29 is 9.59 Å². The monoisotopic (exact) mass is 410 g/mol. The number of urea groups is 1. The van der Waals surface area contributed by atoms with Gasteiger partial charge in [-0.2, -0.15) is 0 Å². The molecule has 1 unspecified atom stereocenters. The van der Waals surface area contributed by atoms with Crippen molar-refractivity contribution in [3.05, 3.63) is 24.3 Å². The summed E-state index contributed by atoms with van der Waals surface area (Å²) in [4.78, 5) is 41.9. The van der Waals surface area contributed by atoms with Gasteiger partial charge in [0.15, 0.2) is 0 Å². The fourth-order valence-electron chi connectivity index (χ4n) is 5.25. The van der Waals surface area contributed by atoms with Crippen LogP contribution in [0.5, 0.6) is 0 Å². The first-order valence-electron chi connectivity index (χ1n) is 11.3. The lowest BCUT2D eigenvalue weighted by Gasteiger charge is -2.35. The Morgan fingerprint density at radius 3 is 2.60 bits per heavy atom. The van der Waals surface area contributed by atoms with Crippen LogP contribution in [0.15, 0.2) is 18.5 Å². The van der Waals surface area contributed by atoms with E-state index in [0.717, 1.165) is 61.9 Å². The Kier molecular flexibility index (Phi) is 5.31. The molecule has 8 nitrogen and oxygen atoms in total. The van der Waals surface area contributed by atoms with E-state index in [9.17, 15) is 9.59 Å². The van der Waals surface area contributed by atoms with Gasteiger partial charge in [0.2, 0.25) is 5.91 Å². The van der Waals surface area contributed by atoms with Gasteiger partial charge in [-0.3, -0.25) is 9.78 Å². The van der Waals surface area contributed by atoms with Crippen LogP contribution in [0.4, 0.5) is 4.79 Å². The second-order valence-corrected chi connectivity index (χ2v) is 8.90. The summed E-state index contributed by atoms with van der Waals surface area (Å²) in [7, 11) is 0. The first-order chi connectivity index (χ1) is 14.7. The van der Waals surface area contributed by atoms with E-state index >= 15 is 0 Å². The topological polar surface area (TPSA) is 94.2 Å². The van der Waals surface area contributed by atoms with Crippen molar-refractivity contribution in [3.8, 4) is 0 Å². The van der Waals surface area contributed by atoms with Crippen molar-refractivity contribution >= 4 is 23.0 Å². The molecule has 2 aromatic heterocycles. The van der Waals surface area contributed by atoms with Gasteiger partial charge < -0.3 is 20.1 Å². The lowest BCUT2D eigenvalue weighted by Crippen LogP contribution is -2.49. The summed E-state index contributed by atoms with van der Waals surface area (Å²) in [6, 6.07) is 2.28. The Morgan fingerprint density at radius 1 is 1.03 bits per heavy atom. The molecule has 5 rings (SSSR count). The fourth-order valence-corrected chi connectivity index (χ4v) is 5.25. The van der Waals surface area contributed by atoms with Gasteiger partial charge in [-0.05, 0) is 44.6 Å². The molecular weight excluding hydrogens is 380 g/mol. The van der Waals surface area contributed by atoms with Crippen LogP contribution >= 0.6 is 0 Å². The summed E-state index contributed by atoms with van der Waals surface area (Å²) in [5.74, 6) is 1.07. The number of piperidine rings is 1. The highest BCUT2D eigenvalue weighted by Crippen LogP contribution is 2.34. The average molecular weight is 411 g/mol. The number of carbonyl (C=O) groups excluding carboxylic acids is 2. The molecule has 1 saturated carbocycles. The van der Waals surface area contributed by atoms with Gasteiger partial charge in [0, 0.05) is 37.8 Å². The van der Waals surface area contributed by atoms with Gasteiger partial charge in [-0.1, -0.05) is 12.8 Å². The normalized spacial score (nSPS) is 23.4. The third kappa shape index (κ3) is 3.75. The van der Waals surface area contributed by atoms with Crippen LogP contribution in [-0.4, -0.2) is 62.4 Å². The predicted octanol–water partition coefficient (Wildman–Crippen LogP) is 2.99. The van der Waals surface area contributed by atoms with Crippen molar-refractivity contribution in [3.63, 3.8) is 0 Å². The van der Waals surface area contributed by atoms with Gasteiger partial charge in [-0.15, -0.1) is 0 Å². The Hall–Kier alpha value is -2.64. The second-order valence-electron chi connectivity index (χ2n) is 8.90. The molecule has 0 radical (unpaired) electrons. The molecule has 4 heterocycles. The van der Waals surface area contributed by atoms with Crippen LogP contribution < -0.4 is 5.32 Å². The van der Waals surface area contributed by atoms with Crippen LogP contribution in [0, 0.1) is 5.92 Å². The number of carbonyl (C=O) groups is 2. The summed E-state index contributed by atoms with van der Waals surface area (Å²) in [6.07, 6.45) is 11.5. The molecule has 0 aromatic carbocycles. The number of imidazole rings is 1. The van der Waals surface area contributed by atoms with Crippen LogP contribution in [0.2, 0.25) is 0 Å². The lowest BCUT2D eigenvalue weighted by atomic mass is 9.95. The summed E-state index contributed by atoms with van der Waals surface area (Å²) < 4.78 is 0. The van der Waals surface area contributed by atoms with E-state index in [0.29, 0.717) is 19.1 Å². The number of amides is 3. The summed E-state index contributed by atoms with van der Waals surface area (Å²) in [5, 5.41) is 3.16. The Bertz CT molecular complexity index is 880. The number of hydrogen-bond acceptors (Lipinski definition) is 4. The maximum atomic E-state index is 13.3. The molecule has 1 atom stereocenters. The maximum Gasteiger partial charge on any atom is 0.317 e. The molecular formula is C22H30N6O2. The lowest BCUT2D eigenvalue weighted by molar-refractivity contribution is -0.138. The van der Waals surface area contributed by atoms with Crippen molar-refractivity contribution in [2.45, 2.75) is 63.5 Å². The average Bonchev–Trinajstić information content (AvgIpc) is 3.52. The third-order valence-electron chi connectivity index (χ3n) is 6.97. The van der Waals surface area contributed by atoms with E-state index < -0.39 is 0 Å². The fraction of sp³-hybridized carbons (Fsp3) is 0.636. The van der Waals surface area contributed by atoms with Crippen LogP contribution in [0.25, 0.3) is 11.0 Å². The largest absolute Gasteiger partial charge is 0.339 e. The number of fused-ring (bicyclic) bond motifs is 1. The van der Waals surface area contributed by atoms with E-state index in [-0.39, 0.29) is 23.9 Å². The van der Waals surface area contributed by atoms with Gasteiger partial charge in [0.05, 0.1) is 23.3 Å². The molecule has 160 valence electrons. The highest BCUT2D eigenvalue weighted by Gasteiger charge is 2.37. The zero-order valence-electron chi connectivity index (χ0n) is 17.3. The number of rotatable bonds is 3. The zero-order valence-corrected chi connectivity index (χ0v) is 17.3. The first-order valence-corrected chi connectivity index (χ1v) is 11.3. The SMILES string of the molecule is O=C(NC1CCCC1)N1CCC(C(=O)N2CCCC2c2nc3ccncc3[nH]2)CC1. The smallest absolute Gasteiger partial charge is 0.317 e. The van der Waals surface area contributed by atoms with E-state index in [1.807, 2.05) is 15.9 Å². The molecule has 2 aromatic rings. The molecule has 2 aliphatic heterocycles. The molecule has 3 aliphatic rings. The molecule has 0 bridgehead atoms. The van der Waals surface area contributed by atoms with Crippen LogP contribution in [0.1, 0.15) is 63.2 Å². The molecule has 30 heavy (non-hydrogen) atoms. The molecule has 1 aliphatic carbocycles. The van der Waals surface area contributed by atoms with Gasteiger partial charge in [0.25, 0.3) is 0 Å². The number of likely N-dealkylation sites (tertiary alicyclic amines) is 2. The third-order valence-corrected chi connectivity index (χ3v) is 6.97. The predicted molar refractivity (Wildman–Crippen MR) is 113 cm³/mol. The van der Waals surface area contributed by atoms with Crippen molar-refractivity contribution in [2.75, 3.05) is 19.6 Å². The minimum absolute atomic E-state index is 0.00724. The molecule has 3 fully saturated rings. The molecule has 3 amide bonds. The minimum atomic E-state index is -0.00724. The molecule has 8 heteroatoms. The number of H-pyrrole nitrogens is 1. The van der Waals surface area contributed by atoms with Crippen LogP contribution in [-0.2, 0) is 4.79 Å². The first kappa shape index (κ1) is 19.3. The Morgan fingerprint density at radius 2 is 1.83 bits per heavy atom. The highest BCUT2D eigenvalue weighted by molar-refractivity contribution is 5.81. The minimum Gasteiger partial charge on any atom is -0.339 e. The highest BCUT2D eigenvalue weighted by atomic mass is 16.2. The summed E-state index contributed by atoms with van der Waals surface area (Å²) in [6.45, 7) is 2.09.